The summed E-state index contributed by atoms with van der Waals surface area (Å²) in [5, 5.41) is 17.2. The lowest BCUT2D eigenvalue weighted by molar-refractivity contribution is 0.194. The third-order valence-corrected chi connectivity index (χ3v) is 2.91. The molecule has 1 heterocycles. The lowest BCUT2D eigenvalue weighted by atomic mass is 10.1. The molecular formula is C14H19N3O2. The Hall–Kier alpha value is -1.88. The monoisotopic (exact) mass is 261 g/mol. The first kappa shape index (κ1) is 13.5. The smallest absolute Gasteiger partial charge is 0.122 e. The van der Waals surface area contributed by atoms with Gasteiger partial charge in [0.1, 0.15) is 18.1 Å². The van der Waals surface area contributed by atoms with Gasteiger partial charge in [-0.1, -0.05) is 17.3 Å². The molecule has 0 fully saturated rings. The highest BCUT2D eigenvalue weighted by Crippen LogP contribution is 2.19. The first-order valence-corrected chi connectivity index (χ1v) is 6.34. The van der Waals surface area contributed by atoms with Gasteiger partial charge >= 0.3 is 0 Å². The molecule has 0 aliphatic heterocycles. The second-order valence-corrected chi connectivity index (χ2v) is 4.70. The normalized spacial score (nSPS) is 12.4. The van der Waals surface area contributed by atoms with Gasteiger partial charge in [0.25, 0.3) is 0 Å². The highest BCUT2D eigenvalue weighted by Gasteiger charge is 2.06. The Balaban J connectivity index is 1.90. The van der Waals surface area contributed by atoms with Gasteiger partial charge in [0.15, 0.2) is 0 Å². The zero-order chi connectivity index (χ0) is 13.8. The van der Waals surface area contributed by atoms with Gasteiger partial charge in [0.2, 0.25) is 0 Å². The molecule has 0 saturated heterocycles. The molecule has 1 unspecified atom stereocenters. The zero-order valence-corrected chi connectivity index (χ0v) is 11.5. The Bertz CT molecular complexity index is 549. The molecule has 0 aliphatic carbocycles. The third-order valence-electron chi connectivity index (χ3n) is 2.91. The molecule has 19 heavy (non-hydrogen) atoms. The molecule has 0 saturated carbocycles. The second kappa shape index (κ2) is 5.84. The number of aryl methyl sites for hydroxylation is 2. The van der Waals surface area contributed by atoms with E-state index in [1.165, 1.54) is 5.56 Å². The standard InChI is InChI=1S/C14H19N3O2/c1-10-4-5-11(2)14(8-10)19-7-6-17-9-13(12(3)18)15-16-17/h4-5,8-9,12,18H,6-7H2,1-3H3. The van der Waals surface area contributed by atoms with E-state index in [9.17, 15) is 5.11 Å². The SMILES string of the molecule is Cc1ccc(C)c(OCCn2cc(C(C)O)nn2)c1. The fraction of sp³-hybridized carbons (Fsp3) is 0.429. The molecule has 1 aromatic heterocycles. The van der Waals surface area contributed by atoms with E-state index in [0.717, 1.165) is 11.3 Å². The van der Waals surface area contributed by atoms with Crippen molar-refractivity contribution < 1.29 is 9.84 Å². The van der Waals surface area contributed by atoms with Crippen LogP contribution in [0.25, 0.3) is 0 Å². The number of ether oxygens (including phenoxy) is 1. The van der Waals surface area contributed by atoms with Gasteiger partial charge in [-0.15, -0.1) is 5.10 Å². The van der Waals surface area contributed by atoms with E-state index in [1.807, 2.05) is 26.0 Å². The summed E-state index contributed by atoms with van der Waals surface area (Å²) < 4.78 is 7.41. The van der Waals surface area contributed by atoms with E-state index in [4.69, 9.17) is 4.74 Å². The minimum atomic E-state index is -0.589. The van der Waals surface area contributed by atoms with Crippen LogP contribution in [0.4, 0.5) is 0 Å². The third kappa shape index (κ3) is 3.54. The molecule has 5 nitrogen and oxygen atoms in total. The number of nitrogens with zero attached hydrogens (tertiary/aromatic N) is 3. The molecule has 0 bridgehead atoms. The van der Waals surface area contributed by atoms with Crippen LogP contribution in [0.5, 0.6) is 5.75 Å². The number of aliphatic hydroxyl groups is 1. The summed E-state index contributed by atoms with van der Waals surface area (Å²) in [5.74, 6) is 0.899. The van der Waals surface area contributed by atoms with Crippen molar-refractivity contribution in [2.75, 3.05) is 6.61 Å². The number of aromatic nitrogens is 3. The van der Waals surface area contributed by atoms with E-state index < -0.39 is 6.10 Å². The quantitative estimate of drug-likeness (QED) is 0.894. The summed E-state index contributed by atoms with van der Waals surface area (Å²) >= 11 is 0. The zero-order valence-electron chi connectivity index (χ0n) is 11.5. The largest absolute Gasteiger partial charge is 0.491 e. The van der Waals surface area contributed by atoms with Gasteiger partial charge in [-0.25, -0.2) is 4.68 Å². The molecule has 0 spiro atoms. The highest BCUT2D eigenvalue weighted by molar-refractivity contribution is 5.35. The lowest BCUT2D eigenvalue weighted by Gasteiger charge is -2.09. The molecule has 1 N–H and O–H groups in total. The van der Waals surface area contributed by atoms with Crippen LogP contribution in [0.15, 0.2) is 24.4 Å². The minimum Gasteiger partial charge on any atom is -0.491 e. The van der Waals surface area contributed by atoms with Crippen LogP contribution in [0, 0.1) is 13.8 Å². The molecule has 102 valence electrons. The summed E-state index contributed by atoms with van der Waals surface area (Å²) in [5.41, 5.74) is 2.87. The maximum absolute atomic E-state index is 9.36. The first-order valence-electron chi connectivity index (χ1n) is 6.34. The molecule has 0 aliphatic rings. The van der Waals surface area contributed by atoms with Crippen molar-refractivity contribution in [3.63, 3.8) is 0 Å². The minimum absolute atomic E-state index is 0.521. The van der Waals surface area contributed by atoms with Gasteiger partial charge < -0.3 is 9.84 Å². The Morgan fingerprint density at radius 1 is 1.37 bits per heavy atom. The number of hydrogen-bond acceptors (Lipinski definition) is 4. The predicted octanol–water partition coefficient (Wildman–Crippen LogP) is 2.03. The molecular weight excluding hydrogens is 242 g/mol. The summed E-state index contributed by atoms with van der Waals surface area (Å²) in [7, 11) is 0. The number of hydrogen-bond donors (Lipinski definition) is 1. The van der Waals surface area contributed by atoms with Crippen molar-refractivity contribution in [2.45, 2.75) is 33.4 Å². The average Bonchev–Trinajstić information content (AvgIpc) is 2.82. The van der Waals surface area contributed by atoms with Crippen LogP contribution in [-0.4, -0.2) is 26.7 Å². The van der Waals surface area contributed by atoms with Crippen LogP contribution in [0.1, 0.15) is 29.8 Å². The van der Waals surface area contributed by atoms with Crippen molar-refractivity contribution in [1.29, 1.82) is 0 Å². The fourth-order valence-electron chi connectivity index (χ4n) is 1.73. The Morgan fingerprint density at radius 2 is 2.16 bits per heavy atom. The van der Waals surface area contributed by atoms with Crippen LogP contribution in [-0.2, 0) is 6.54 Å². The van der Waals surface area contributed by atoms with Gasteiger partial charge in [-0.2, -0.15) is 0 Å². The molecule has 2 rings (SSSR count). The Morgan fingerprint density at radius 3 is 2.84 bits per heavy atom. The summed E-state index contributed by atoms with van der Waals surface area (Å²) in [6.45, 7) is 6.86. The lowest BCUT2D eigenvalue weighted by Crippen LogP contribution is -2.09. The molecule has 5 heteroatoms. The topological polar surface area (TPSA) is 60.2 Å². The number of aliphatic hydroxyl groups excluding tert-OH is 1. The fourth-order valence-corrected chi connectivity index (χ4v) is 1.73. The summed E-state index contributed by atoms with van der Waals surface area (Å²) in [6.07, 6.45) is 1.14. The Kier molecular flexibility index (Phi) is 4.16. The van der Waals surface area contributed by atoms with Crippen molar-refractivity contribution in [1.82, 2.24) is 15.0 Å². The molecule has 2 aromatic rings. The van der Waals surface area contributed by atoms with E-state index in [0.29, 0.717) is 18.8 Å². The Labute approximate surface area is 112 Å². The van der Waals surface area contributed by atoms with Crippen molar-refractivity contribution >= 4 is 0 Å². The number of rotatable bonds is 5. The van der Waals surface area contributed by atoms with Gasteiger partial charge in [-0.3, -0.25) is 0 Å². The maximum atomic E-state index is 9.36. The molecule has 1 aromatic carbocycles. The van der Waals surface area contributed by atoms with Crippen molar-refractivity contribution in [2.24, 2.45) is 0 Å². The van der Waals surface area contributed by atoms with Crippen molar-refractivity contribution in [3.8, 4) is 5.75 Å². The summed E-state index contributed by atoms with van der Waals surface area (Å²) in [4.78, 5) is 0. The maximum Gasteiger partial charge on any atom is 0.122 e. The van der Waals surface area contributed by atoms with E-state index in [-0.39, 0.29) is 0 Å². The van der Waals surface area contributed by atoms with Gasteiger partial charge in [-0.05, 0) is 38.0 Å². The van der Waals surface area contributed by atoms with Crippen LogP contribution < -0.4 is 4.74 Å². The van der Waals surface area contributed by atoms with Gasteiger partial charge in [0, 0.05) is 0 Å². The average molecular weight is 261 g/mol. The van der Waals surface area contributed by atoms with E-state index in [1.54, 1.807) is 17.8 Å². The predicted molar refractivity (Wildman–Crippen MR) is 72.1 cm³/mol. The van der Waals surface area contributed by atoms with Crippen LogP contribution in [0.2, 0.25) is 0 Å². The van der Waals surface area contributed by atoms with Gasteiger partial charge in [0.05, 0.1) is 18.8 Å². The molecule has 0 radical (unpaired) electrons. The first-order chi connectivity index (χ1) is 9.06. The highest BCUT2D eigenvalue weighted by atomic mass is 16.5. The number of benzene rings is 1. The summed E-state index contributed by atoms with van der Waals surface area (Å²) in [6, 6.07) is 6.14. The van der Waals surface area contributed by atoms with Crippen LogP contribution in [0.3, 0.4) is 0 Å². The van der Waals surface area contributed by atoms with E-state index >= 15 is 0 Å². The van der Waals surface area contributed by atoms with Crippen molar-refractivity contribution in [3.05, 3.63) is 41.2 Å². The molecule has 1 atom stereocenters. The second-order valence-electron chi connectivity index (χ2n) is 4.70. The molecule has 0 amide bonds. The van der Waals surface area contributed by atoms with E-state index in [2.05, 4.69) is 16.4 Å². The van der Waals surface area contributed by atoms with Crippen LogP contribution >= 0.6 is 0 Å².